The molecule has 1 aromatic heterocycles. The van der Waals surface area contributed by atoms with Crippen LogP contribution >= 0.6 is 0 Å². The third kappa shape index (κ3) is 3.22. The van der Waals surface area contributed by atoms with Gasteiger partial charge in [-0.3, -0.25) is 0 Å². The molecule has 4 rings (SSSR count). The molecule has 1 atom stereocenters. The van der Waals surface area contributed by atoms with Gasteiger partial charge in [-0.15, -0.1) is 0 Å². The Morgan fingerprint density at radius 1 is 1.25 bits per heavy atom. The van der Waals surface area contributed by atoms with Crippen molar-refractivity contribution < 1.29 is 4.74 Å². The van der Waals surface area contributed by atoms with Gasteiger partial charge in [0.25, 0.3) is 0 Å². The molecule has 3 heterocycles. The Morgan fingerprint density at radius 3 is 3.00 bits per heavy atom. The molecule has 1 fully saturated rings. The van der Waals surface area contributed by atoms with E-state index in [0.29, 0.717) is 12.6 Å². The molecule has 0 radical (unpaired) electrons. The lowest BCUT2D eigenvalue weighted by molar-refractivity contribution is 0.109. The van der Waals surface area contributed by atoms with Crippen LogP contribution in [0.5, 0.6) is 0 Å². The van der Waals surface area contributed by atoms with Gasteiger partial charge in [-0.1, -0.05) is 12.1 Å². The van der Waals surface area contributed by atoms with E-state index in [-0.39, 0.29) is 6.04 Å². The number of benzene rings is 1. The normalized spacial score (nSPS) is 18.3. The molecule has 24 heavy (non-hydrogen) atoms. The zero-order valence-electron chi connectivity index (χ0n) is 14.2. The molecule has 0 bridgehead atoms. The van der Waals surface area contributed by atoms with Gasteiger partial charge in [0.15, 0.2) is 0 Å². The van der Waals surface area contributed by atoms with Crippen molar-refractivity contribution in [2.75, 3.05) is 29.9 Å². The highest BCUT2D eigenvalue weighted by Crippen LogP contribution is 2.25. The highest BCUT2D eigenvalue weighted by molar-refractivity contribution is 5.50. The summed E-state index contributed by atoms with van der Waals surface area (Å²) >= 11 is 0. The predicted octanol–water partition coefficient (Wildman–Crippen LogP) is 3.32. The van der Waals surface area contributed by atoms with E-state index in [1.807, 2.05) is 6.20 Å². The third-order valence-electron chi connectivity index (χ3n) is 4.88. The Balaban J connectivity index is 1.49. The maximum absolute atomic E-state index is 5.44. The van der Waals surface area contributed by atoms with Gasteiger partial charge in [0, 0.05) is 37.0 Å². The van der Waals surface area contributed by atoms with Crippen LogP contribution in [0.4, 0.5) is 11.6 Å². The quantitative estimate of drug-likeness (QED) is 0.935. The minimum atomic E-state index is 0.172. The summed E-state index contributed by atoms with van der Waals surface area (Å²) in [7, 11) is 0. The van der Waals surface area contributed by atoms with Gasteiger partial charge in [-0.2, -0.15) is 0 Å². The zero-order valence-corrected chi connectivity index (χ0v) is 14.2. The van der Waals surface area contributed by atoms with Crippen LogP contribution in [0.2, 0.25) is 0 Å². The molecule has 2 aliphatic rings. The standard InChI is InChI=1S/C19H24N4O/c1-14(15-5-4-6-17(11-15)23-8-2-3-9-23)21-19-20-12-16-13-24-10-7-18(16)22-19/h4-6,11-12,14H,2-3,7-10,13H2,1H3,(H,20,21,22). The highest BCUT2D eigenvalue weighted by Gasteiger charge is 2.16. The Morgan fingerprint density at radius 2 is 2.12 bits per heavy atom. The molecular weight excluding hydrogens is 300 g/mol. The van der Waals surface area contributed by atoms with E-state index in [1.54, 1.807) is 0 Å². The maximum Gasteiger partial charge on any atom is 0.223 e. The van der Waals surface area contributed by atoms with E-state index < -0.39 is 0 Å². The molecule has 1 unspecified atom stereocenters. The highest BCUT2D eigenvalue weighted by atomic mass is 16.5. The molecule has 2 aliphatic heterocycles. The lowest BCUT2D eigenvalue weighted by Crippen LogP contribution is -2.18. The van der Waals surface area contributed by atoms with E-state index in [1.165, 1.54) is 37.2 Å². The summed E-state index contributed by atoms with van der Waals surface area (Å²) in [5.41, 5.74) is 4.80. The van der Waals surface area contributed by atoms with Crippen molar-refractivity contribution in [2.45, 2.75) is 38.8 Å². The number of nitrogens with zero attached hydrogens (tertiary/aromatic N) is 3. The summed E-state index contributed by atoms with van der Waals surface area (Å²) in [5, 5.41) is 3.44. The van der Waals surface area contributed by atoms with Crippen LogP contribution in [-0.2, 0) is 17.8 Å². The number of rotatable bonds is 4. The van der Waals surface area contributed by atoms with E-state index >= 15 is 0 Å². The largest absolute Gasteiger partial charge is 0.376 e. The van der Waals surface area contributed by atoms with Crippen molar-refractivity contribution in [3.8, 4) is 0 Å². The van der Waals surface area contributed by atoms with Gasteiger partial charge in [0.05, 0.1) is 24.9 Å². The van der Waals surface area contributed by atoms with Crippen LogP contribution in [0.1, 0.15) is 42.6 Å². The first kappa shape index (κ1) is 15.4. The molecule has 5 heteroatoms. The number of nitrogens with one attached hydrogen (secondary N) is 1. The molecule has 1 aromatic carbocycles. The molecule has 126 valence electrons. The maximum atomic E-state index is 5.44. The first-order valence-electron chi connectivity index (χ1n) is 8.83. The van der Waals surface area contributed by atoms with Crippen LogP contribution in [0, 0.1) is 0 Å². The Labute approximate surface area is 143 Å². The summed E-state index contributed by atoms with van der Waals surface area (Å²) < 4.78 is 5.44. The lowest BCUT2D eigenvalue weighted by Gasteiger charge is -2.21. The van der Waals surface area contributed by atoms with Crippen molar-refractivity contribution >= 4 is 11.6 Å². The number of hydrogen-bond donors (Lipinski definition) is 1. The molecule has 1 N–H and O–H groups in total. The SMILES string of the molecule is CC(Nc1ncc2c(n1)CCOC2)c1cccc(N2CCCC2)c1. The zero-order chi connectivity index (χ0) is 16.4. The first-order chi connectivity index (χ1) is 11.8. The van der Waals surface area contributed by atoms with E-state index in [4.69, 9.17) is 4.74 Å². The molecule has 0 saturated carbocycles. The Kier molecular flexibility index (Phi) is 4.34. The fraction of sp³-hybridized carbons (Fsp3) is 0.474. The van der Waals surface area contributed by atoms with E-state index in [0.717, 1.165) is 24.3 Å². The minimum Gasteiger partial charge on any atom is -0.376 e. The monoisotopic (exact) mass is 324 g/mol. The molecule has 0 spiro atoms. The minimum absolute atomic E-state index is 0.172. The molecule has 1 saturated heterocycles. The van der Waals surface area contributed by atoms with Crippen LogP contribution in [0.3, 0.4) is 0 Å². The van der Waals surface area contributed by atoms with Crippen molar-refractivity contribution in [2.24, 2.45) is 0 Å². The van der Waals surface area contributed by atoms with Crippen molar-refractivity contribution in [1.82, 2.24) is 9.97 Å². The number of fused-ring (bicyclic) bond motifs is 1. The summed E-state index contributed by atoms with van der Waals surface area (Å²) in [5.74, 6) is 0.703. The molecule has 2 aromatic rings. The van der Waals surface area contributed by atoms with E-state index in [2.05, 4.69) is 51.4 Å². The molecular formula is C19H24N4O. The van der Waals surface area contributed by atoms with Gasteiger partial charge in [0.2, 0.25) is 5.95 Å². The predicted molar refractivity (Wildman–Crippen MR) is 95.3 cm³/mol. The summed E-state index contributed by atoms with van der Waals surface area (Å²) in [6.07, 6.45) is 5.35. The average molecular weight is 324 g/mol. The molecule has 5 nitrogen and oxygen atoms in total. The number of ether oxygens (including phenoxy) is 1. The van der Waals surface area contributed by atoms with Gasteiger partial charge in [0.1, 0.15) is 0 Å². The molecule has 0 aliphatic carbocycles. The van der Waals surface area contributed by atoms with Gasteiger partial charge in [-0.05, 0) is 37.5 Å². The summed E-state index contributed by atoms with van der Waals surface area (Å²) in [4.78, 5) is 11.6. The number of aromatic nitrogens is 2. The van der Waals surface area contributed by atoms with E-state index in [9.17, 15) is 0 Å². The second kappa shape index (κ2) is 6.77. The second-order valence-electron chi connectivity index (χ2n) is 6.62. The van der Waals surface area contributed by atoms with Crippen molar-refractivity contribution in [1.29, 1.82) is 0 Å². The third-order valence-corrected chi connectivity index (χ3v) is 4.88. The van der Waals surface area contributed by atoms with Gasteiger partial charge < -0.3 is 15.0 Å². The van der Waals surface area contributed by atoms with Crippen molar-refractivity contribution in [3.05, 3.63) is 47.3 Å². The first-order valence-corrected chi connectivity index (χ1v) is 8.83. The average Bonchev–Trinajstić information content (AvgIpc) is 3.16. The van der Waals surface area contributed by atoms with Crippen molar-refractivity contribution in [3.63, 3.8) is 0 Å². The Hall–Kier alpha value is -2.14. The lowest BCUT2D eigenvalue weighted by atomic mass is 10.1. The van der Waals surface area contributed by atoms with Crippen LogP contribution in [0.25, 0.3) is 0 Å². The summed E-state index contributed by atoms with van der Waals surface area (Å²) in [6.45, 7) is 5.87. The van der Waals surface area contributed by atoms with Crippen LogP contribution < -0.4 is 10.2 Å². The fourth-order valence-corrected chi connectivity index (χ4v) is 3.44. The number of anilines is 2. The van der Waals surface area contributed by atoms with Gasteiger partial charge >= 0.3 is 0 Å². The van der Waals surface area contributed by atoms with Crippen LogP contribution in [-0.4, -0.2) is 29.7 Å². The second-order valence-corrected chi connectivity index (χ2v) is 6.62. The van der Waals surface area contributed by atoms with Gasteiger partial charge in [-0.25, -0.2) is 9.97 Å². The fourth-order valence-electron chi connectivity index (χ4n) is 3.44. The summed E-state index contributed by atoms with van der Waals surface area (Å²) in [6, 6.07) is 8.98. The smallest absolute Gasteiger partial charge is 0.223 e. The Bertz CT molecular complexity index is 712. The number of hydrogen-bond acceptors (Lipinski definition) is 5. The topological polar surface area (TPSA) is 50.3 Å². The molecule has 0 amide bonds. The van der Waals surface area contributed by atoms with Crippen LogP contribution in [0.15, 0.2) is 30.5 Å².